The third-order valence-corrected chi connectivity index (χ3v) is 3.98. The summed E-state index contributed by atoms with van der Waals surface area (Å²) in [7, 11) is 0. The van der Waals surface area contributed by atoms with Gasteiger partial charge in [0.15, 0.2) is 0 Å². The molecule has 136 valence electrons. The molecule has 2 nitrogen and oxygen atoms in total. The topological polar surface area (TPSA) is 29.5 Å². The van der Waals surface area contributed by atoms with E-state index in [9.17, 15) is 0 Å². The fraction of sp³-hybridized carbons (Fsp3) is 0.905. The standard InChI is InChI=1S/C21H40O2/c1-3-4-5-6-7-8-9-10-11-12-13-14-15-16-17-18-19-23-20-21(2)22/h21-22H,3-9,12-20H2,1-2H3. The average Bonchev–Trinajstić information content (AvgIpc) is 2.53. The molecule has 0 amide bonds. The monoisotopic (exact) mass is 324 g/mol. The van der Waals surface area contributed by atoms with E-state index in [-0.39, 0.29) is 6.10 Å². The lowest BCUT2D eigenvalue weighted by Crippen LogP contribution is -2.10. The van der Waals surface area contributed by atoms with Crippen molar-refractivity contribution in [2.45, 2.75) is 110 Å². The van der Waals surface area contributed by atoms with Gasteiger partial charge in [0, 0.05) is 19.4 Å². The van der Waals surface area contributed by atoms with Gasteiger partial charge in [-0.1, -0.05) is 64.7 Å². The molecule has 0 bridgehead atoms. The van der Waals surface area contributed by atoms with Crippen LogP contribution in [0.3, 0.4) is 0 Å². The van der Waals surface area contributed by atoms with Gasteiger partial charge in [-0.05, 0) is 26.2 Å². The van der Waals surface area contributed by atoms with E-state index in [0.29, 0.717) is 6.61 Å². The SMILES string of the molecule is CCCCCCCCC#CCCCCCCCCOCC(C)O. The Kier molecular flexibility index (Phi) is 19.1. The Bertz CT molecular complexity index is 275. The largest absolute Gasteiger partial charge is 0.391 e. The van der Waals surface area contributed by atoms with Crippen LogP contribution in [0.4, 0.5) is 0 Å². The van der Waals surface area contributed by atoms with Gasteiger partial charge < -0.3 is 9.84 Å². The number of hydrogen-bond acceptors (Lipinski definition) is 2. The Morgan fingerprint density at radius 2 is 1.22 bits per heavy atom. The minimum Gasteiger partial charge on any atom is -0.391 e. The van der Waals surface area contributed by atoms with Gasteiger partial charge in [-0.3, -0.25) is 0 Å². The van der Waals surface area contributed by atoms with Crippen molar-refractivity contribution in [3.8, 4) is 11.8 Å². The lowest BCUT2D eigenvalue weighted by Gasteiger charge is -2.05. The predicted octanol–water partition coefficient (Wildman–Crippen LogP) is 5.87. The van der Waals surface area contributed by atoms with Gasteiger partial charge in [0.25, 0.3) is 0 Å². The van der Waals surface area contributed by atoms with Crippen molar-refractivity contribution in [2.75, 3.05) is 13.2 Å². The van der Waals surface area contributed by atoms with Crippen LogP contribution in [0.15, 0.2) is 0 Å². The van der Waals surface area contributed by atoms with Crippen LogP contribution >= 0.6 is 0 Å². The van der Waals surface area contributed by atoms with Crippen molar-refractivity contribution < 1.29 is 9.84 Å². The molecule has 0 aliphatic heterocycles. The molecule has 0 saturated heterocycles. The third-order valence-electron chi connectivity index (χ3n) is 3.98. The van der Waals surface area contributed by atoms with Crippen molar-refractivity contribution in [1.82, 2.24) is 0 Å². The van der Waals surface area contributed by atoms with Crippen LogP contribution < -0.4 is 0 Å². The van der Waals surface area contributed by atoms with Gasteiger partial charge in [-0.15, -0.1) is 11.8 Å². The smallest absolute Gasteiger partial charge is 0.0745 e. The van der Waals surface area contributed by atoms with E-state index in [2.05, 4.69) is 18.8 Å². The summed E-state index contributed by atoms with van der Waals surface area (Å²) in [5, 5.41) is 9.05. The van der Waals surface area contributed by atoms with E-state index in [1.165, 1.54) is 70.6 Å². The highest BCUT2D eigenvalue weighted by Gasteiger charge is 1.95. The van der Waals surface area contributed by atoms with Crippen molar-refractivity contribution in [1.29, 1.82) is 0 Å². The summed E-state index contributed by atoms with van der Waals surface area (Å²) in [6.07, 6.45) is 17.5. The Morgan fingerprint density at radius 3 is 1.74 bits per heavy atom. The zero-order chi connectivity index (χ0) is 17.0. The molecule has 0 aromatic carbocycles. The molecule has 0 saturated carbocycles. The van der Waals surface area contributed by atoms with Gasteiger partial charge >= 0.3 is 0 Å². The van der Waals surface area contributed by atoms with E-state index in [1.54, 1.807) is 6.92 Å². The molecule has 0 aliphatic carbocycles. The summed E-state index contributed by atoms with van der Waals surface area (Å²) in [4.78, 5) is 0. The van der Waals surface area contributed by atoms with Crippen molar-refractivity contribution in [3.05, 3.63) is 0 Å². The minimum absolute atomic E-state index is 0.336. The fourth-order valence-electron chi connectivity index (χ4n) is 2.55. The first-order chi connectivity index (χ1) is 11.3. The molecule has 2 heteroatoms. The molecule has 0 fully saturated rings. The zero-order valence-corrected chi connectivity index (χ0v) is 15.7. The molecule has 1 atom stereocenters. The van der Waals surface area contributed by atoms with Gasteiger partial charge in [0.05, 0.1) is 12.7 Å². The highest BCUT2D eigenvalue weighted by Crippen LogP contribution is 2.08. The number of hydrogen-bond donors (Lipinski definition) is 1. The number of rotatable bonds is 16. The van der Waals surface area contributed by atoms with E-state index in [0.717, 1.165) is 25.9 Å². The molecular formula is C21H40O2. The van der Waals surface area contributed by atoms with E-state index in [4.69, 9.17) is 9.84 Å². The molecule has 0 spiro atoms. The second-order valence-electron chi connectivity index (χ2n) is 6.67. The molecule has 1 unspecified atom stereocenters. The highest BCUT2D eigenvalue weighted by atomic mass is 16.5. The Morgan fingerprint density at radius 1 is 0.739 bits per heavy atom. The second kappa shape index (κ2) is 19.5. The van der Waals surface area contributed by atoms with E-state index in [1.807, 2.05) is 0 Å². The Balaban J connectivity index is 3.09. The summed E-state index contributed by atoms with van der Waals surface area (Å²) in [5.74, 6) is 6.65. The molecule has 0 aromatic heterocycles. The lowest BCUT2D eigenvalue weighted by molar-refractivity contribution is 0.0445. The Hall–Kier alpha value is -0.520. The summed E-state index contributed by atoms with van der Waals surface area (Å²) in [6.45, 7) is 5.28. The third kappa shape index (κ3) is 21.5. The lowest BCUT2D eigenvalue weighted by atomic mass is 10.1. The van der Waals surface area contributed by atoms with Gasteiger partial charge in [-0.25, -0.2) is 0 Å². The van der Waals surface area contributed by atoms with Crippen molar-refractivity contribution in [3.63, 3.8) is 0 Å². The highest BCUT2D eigenvalue weighted by molar-refractivity contribution is 4.98. The van der Waals surface area contributed by atoms with Crippen molar-refractivity contribution >= 4 is 0 Å². The number of ether oxygens (including phenoxy) is 1. The van der Waals surface area contributed by atoms with Crippen LogP contribution in [0.1, 0.15) is 104 Å². The molecule has 0 rings (SSSR count). The summed E-state index contributed by atoms with van der Waals surface area (Å²) < 4.78 is 5.35. The molecule has 0 radical (unpaired) electrons. The van der Waals surface area contributed by atoms with Crippen molar-refractivity contribution in [2.24, 2.45) is 0 Å². The molecule has 1 N–H and O–H groups in total. The predicted molar refractivity (Wildman–Crippen MR) is 101 cm³/mol. The van der Waals surface area contributed by atoms with Crippen LogP contribution in [0.2, 0.25) is 0 Å². The van der Waals surface area contributed by atoms with Crippen LogP contribution in [0.5, 0.6) is 0 Å². The second-order valence-corrected chi connectivity index (χ2v) is 6.67. The number of unbranched alkanes of at least 4 members (excludes halogenated alkanes) is 12. The fourth-order valence-corrected chi connectivity index (χ4v) is 2.55. The van der Waals surface area contributed by atoms with Crippen LogP contribution in [0, 0.1) is 11.8 Å². The molecule has 0 aromatic rings. The van der Waals surface area contributed by atoms with Gasteiger partial charge in [-0.2, -0.15) is 0 Å². The summed E-state index contributed by atoms with van der Waals surface area (Å²) in [6, 6.07) is 0. The van der Waals surface area contributed by atoms with E-state index >= 15 is 0 Å². The molecule has 0 heterocycles. The molecule has 23 heavy (non-hydrogen) atoms. The quantitative estimate of drug-likeness (QED) is 0.284. The number of aliphatic hydroxyl groups is 1. The van der Waals surface area contributed by atoms with Gasteiger partial charge in [0.1, 0.15) is 0 Å². The van der Waals surface area contributed by atoms with E-state index < -0.39 is 0 Å². The first kappa shape index (κ1) is 22.5. The van der Waals surface area contributed by atoms with Crippen LogP contribution in [-0.2, 0) is 4.74 Å². The minimum atomic E-state index is -0.336. The summed E-state index contributed by atoms with van der Waals surface area (Å²) >= 11 is 0. The van der Waals surface area contributed by atoms with Crippen LogP contribution in [-0.4, -0.2) is 24.4 Å². The first-order valence-corrected chi connectivity index (χ1v) is 9.99. The Labute approximate surface area is 145 Å². The van der Waals surface area contributed by atoms with Crippen LogP contribution in [0.25, 0.3) is 0 Å². The average molecular weight is 325 g/mol. The normalized spacial score (nSPS) is 12.0. The maximum atomic E-state index is 9.05. The first-order valence-electron chi connectivity index (χ1n) is 9.99. The zero-order valence-electron chi connectivity index (χ0n) is 15.7. The maximum absolute atomic E-state index is 9.05. The molecular weight excluding hydrogens is 284 g/mol. The summed E-state index contributed by atoms with van der Waals surface area (Å²) in [5.41, 5.74) is 0. The molecule has 0 aliphatic rings. The van der Waals surface area contributed by atoms with Gasteiger partial charge in [0.2, 0.25) is 0 Å². The maximum Gasteiger partial charge on any atom is 0.0745 e. The number of aliphatic hydroxyl groups excluding tert-OH is 1.